The van der Waals surface area contributed by atoms with Crippen LogP contribution >= 0.6 is 11.3 Å². The third-order valence-corrected chi connectivity index (χ3v) is 25.6. The maximum Gasteiger partial charge on any atom is 0.416 e. The Labute approximate surface area is 571 Å². The van der Waals surface area contributed by atoms with Crippen LogP contribution in [-0.2, 0) is 23.2 Å². The van der Waals surface area contributed by atoms with Crippen molar-refractivity contribution in [2.75, 3.05) is 14.7 Å². The van der Waals surface area contributed by atoms with Crippen molar-refractivity contribution in [1.29, 1.82) is 0 Å². The van der Waals surface area contributed by atoms with Crippen molar-refractivity contribution in [3.63, 3.8) is 0 Å². The SMILES string of the molecule is CC(C)(C)c1ccc(N(c2ccc3c(c2)N(c2ccccc2-c2ccccc2)c2cc([Si](C)(c4ccc(C(F)(F)F)cc4)c4ccc(C(F)(F)F)cc4)cc4c2B3c2sc3ccc(C(C)(C)C)cc3c2N4c2ccc3c(c2)oc2ccccc23)c2ccccc2-c2ccccc2)cc1. The number of furan rings is 1. The van der Waals surface area contributed by atoms with Crippen LogP contribution in [0, 0.1) is 0 Å². The lowest BCUT2D eigenvalue weighted by Crippen LogP contribution is -2.66. The van der Waals surface area contributed by atoms with Crippen LogP contribution in [-0.4, -0.2) is 14.8 Å². The Morgan fingerprint density at radius 2 is 0.939 bits per heavy atom. The summed E-state index contributed by atoms with van der Waals surface area (Å²) in [6.45, 7) is 15.0. The molecular formula is C85H66BF6N3OSSi. The third kappa shape index (κ3) is 10.5. The lowest BCUT2D eigenvalue weighted by molar-refractivity contribution is -0.138. The van der Waals surface area contributed by atoms with Crippen LogP contribution in [0.5, 0.6) is 0 Å². The second-order valence-electron chi connectivity index (χ2n) is 28.0. The summed E-state index contributed by atoms with van der Waals surface area (Å²) in [5.41, 5.74) is 15.7. The number of hydrogen-bond acceptors (Lipinski definition) is 5. The number of para-hydroxylation sites is 3. The third-order valence-electron chi connectivity index (χ3n) is 20.0. The number of benzene rings is 12. The molecule has 0 aliphatic carbocycles. The zero-order chi connectivity index (χ0) is 67.8. The molecule has 98 heavy (non-hydrogen) atoms. The van der Waals surface area contributed by atoms with Crippen LogP contribution in [0.1, 0.15) is 63.8 Å². The fourth-order valence-corrected chi connectivity index (χ4v) is 19.6. The average Bonchev–Trinajstić information content (AvgIpc) is 1.21. The van der Waals surface area contributed by atoms with Crippen LogP contribution in [0.3, 0.4) is 0 Å². The number of anilines is 9. The lowest BCUT2D eigenvalue weighted by Gasteiger charge is -2.45. The van der Waals surface area contributed by atoms with Crippen molar-refractivity contribution < 1.29 is 30.8 Å². The van der Waals surface area contributed by atoms with E-state index in [2.05, 4.69) is 245 Å². The van der Waals surface area contributed by atoms with Crippen molar-refractivity contribution >= 4 is 141 Å². The fraction of sp³-hybridized carbons (Fsp3) is 0.129. The number of fused-ring (bicyclic) bond motifs is 9. The molecule has 0 radical (unpaired) electrons. The van der Waals surface area contributed by atoms with Crippen molar-refractivity contribution in [2.45, 2.75) is 71.3 Å². The van der Waals surface area contributed by atoms with Gasteiger partial charge in [0.05, 0.1) is 28.2 Å². The summed E-state index contributed by atoms with van der Waals surface area (Å²) in [6.07, 6.45) is -9.31. The van der Waals surface area contributed by atoms with Crippen LogP contribution in [0.4, 0.5) is 77.5 Å². The molecule has 0 N–H and O–H groups in total. The van der Waals surface area contributed by atoms with Crippen LogP contribution in [0.2, 0.25) is 6.55 Å². The molecule has 0 unspecified atom stereocenters. The summed E-state index contributed by atoms with van der Waals surface area (Å²) >= 11 is 1.77. The van der Waals surface area contributed by atoms with E-state index in [-0.39, 0.29) is 10.8 Å². The van der Waals surface area contributed by atoms with Gasteiger partial charge in [0.15, 0.2) is 0 Å². The Morgan fingerprint density at radius 3 is 1.57 bits per heavy atom. The zero-order valence-corrected chi connectivity index (χ0v) is 56.8. The van der Waals surface area contributed by atoms with Crippen molar-refractivity contribution in [3.05, 3.63) is 295 Å². The van der Waals surface area contributed by atoms with Gasteiger partial charge in [-0.1, -0.05) is 236 Å². The van der Waals surface area contributed by atoms with Gasteiger partial charge >= 0.3 is 12.4 Å². The Kier molecular flexibility index (Phi) is 14.8. The van der Waals surface area contributed by atoms with Gasteiger partial charge in [0.25, 0.3) is 6.71 Å². The van der Waals surface area contributed by atoms with Gasteiger partial charge in [0, 0.05) is 77.0 Å². The second-order valence-corrected chi connectivity index (χ2v) is 33.1. The summed E-state index contributed by atoms with van der Waals surface area (Å²) in [4.78, 5) is 7.10. The van der Waals surface area contributed by atoms with Crippen molar-refractivity contribution in [3.8, 4) is 22.3 Å². The van der Waals surface area contributed by atoms with Gasteiger partial charge in [-0.05, 0) is 138 Å². The molecule has 4 heterocycles. The molecule has 4 nitrogen and oxygen atoms in total. The molecule has 14 aromatic rings. The molecular weight excluding hydrogens is 1260 g/mol. The summed E-state index contributed by atoms with van der Waals surface area (Å²) in [6, 6.07) is 89.6. The van der Waals surface area contributed by atoms with Crippen molar-refractivity contribution in [2.24, 2.45) is 0 Å². The number of hydrogen-bond donors (Lipinski definition) is 0. The Hall–Kier alpha value is -10.3. The van der Waals surface area contributed by atoms with Gasteiger partial charge in [-0.3, -0.25) is 0 Å². The molecule has 2 aliphatic heterocycles. The van der Waals surface area contributed by atoms with E-state index in [1.165, 1.54) is 29.8 Å². The number of rotatable bonds is 10. The van der Waals surface area contributed by atoms with Crippen LogP contribution < -0.4 is 46.0 Å². The predicted octanol–water partition coefficient (Wildman–Crippen LogP) is 21.4. The molecule has 16 rings (SSSR count). The minimum Gasteiger partial charge on any atom is -0.456 e. The molecule has 12 aromatic carbocycles. The molecule has 0 spiro atoms. The molecule has 2 aromatic heterocycles. The second kappa shape index (κ2) is 23.2. The number of alkyl halides is 6. The van der Waals surface area contributed by atoms with Gasteiger partial charge in [0.1, 0.15) is 19.2 Å². The van der Waals surface area contributed by atoms with E-state index < -0.39 is 38.3 Å². The zero-order valence-electron chi connectivity index (χ0n) is 55.0. The molecule has 0 saturated carbocycles. The quantitative estimate of drug-likeness (QED) is 0.0773. The molecule has 0 saturated heterocycles. The largest absolute Gasteiger partial charge is 0.456 e. The summed E-state index contributed by atoms with van der Waals surface area (Å²) in [5.74, 6) is 0. The van der Waals surface area contributed by atoms with Crippen LogP contribution in [0.15, 0.2) is 277 Å². The highest BCUT2D eigenvalue weighted by molar-refractivity contribution is 7.33. The van der Waals surface area contributed by atoms with Crippen molar-refractivity contribution in [1.82, 2.24) is 0 Å². The lowest BCUT2D eigenvalue weighted by atomic mass is 9.36. The molecule has 13 heteroatoms. The highest BCUT2D eigenvalue weighted by Gasteiger charge is 2.49. The van der Waals surface area contributed by atoms with E-state index >= 15 is 0 Å². The first-order chi connectivity index (χ1) is 47.0. The fourth-order valence-electron chi connectivity index (χ4n) is 14.8. The Balaban J connectivity index is 1.06. The first-order valence-corrected chi connectivity index (χ1v) is 36.3. The predicted molar refractivity (Wildman–Crippen MR) is 399 cm³/mol. The number of thiophene rings is 1. The Bertz CT molecular complexity index is 5370. The van der Waals surface area contributed by atoms with E-state index in [0.29, 0.717) is 16.0 Å². The number of nitrogens with zero attached hydrogens (tertiary/aromatic N) is 3. The minimum atomic E-state index is -4.65. The molecule has 2 aliphatic rings. The highest BCUT2D eigenvalue weighted by atomic mass is 32.1. The van der Waals surface area contributed by atoms with Gasteiger partial charge in [0.2, 0.25) is 0 Å². The summed E-state index contributed by atoms with van der Waals surface area (Å²) < 4.78 is 97.8. The smallest absolute Gasteiger partial charge is 0.416 e. The summed E-state index contributed by atoms with van der Waals surface area (Å²) in [5, 5.41) is 4.89. The molecule has 0 fully saturated rings. The number of halogens is 6. The molecule has 0 atom stereocenters. The monoisotopic (exact) mass is 1330 g/mol. The average molecular weight is 1330 g/mol. The topological polar surface area (TPSA) is 22.9 Å². The van der Waals surface area contributed by atoms with Gasteiger partial charge in [-0.25, -0.2) is 0 Å². The molecule has 0 bridgehead atoms. The first kappa shape index (κ1) is 62.5. The maximum atomic E-state index is 14.8. The maximum absolute atomic E-state index is 14.8. The highest BCUT2D eigenvalue weighted by Crippen LogP contribution is 2.52. The molecule has 0 amide bonds. The standard InChI is InChI=1S/C85H66BF6N3OSSi/c1-82(2,3)55-30-37-59(38-31-55)93(71-27-17-14-24-65(71)53-20-10-8-11-21-53)60-40-46-70-73(49-60)95(72-28-18-15-25-66(72)54-22-12-9-13-23-54)75-52-64(98(7,62-41-32-56(33-42-62)84(87,88)89)63-43-34-57(35-44-63)85(90,91)92)51-74-79(75)86(70)81-80(69-48-58(83(4,5)6)36-47-78(69)97-81)94(74)61-39-45-68-67-26-16-19-29-76(67)96-77(68)50-61/h8-52H,1-7H3. The summed E-state index contributed by atoms with van der Waals surface area (Å²) in [7, 11) is -3.79. The van der Waals surface area contributed by atoms with Gasteiger partial charge in [-0.15, -0.1) is 11.3 Å². The van der Waals surface area contributed by atoms with Gasteiger partial charge in [-0.2, -0.15) is 26.3 Å². The van der Waals surface area contributed by atoms with E-state index in [1.54, 1.807) is 11.3 Å². The van der Waals surface area contributed by atoms with E-state index in [1.807, 2.05) is 42.5 Å². The van der Waals surface area contributed by atoms with E-state index in [0.717, 1.165) is 151 Å². The van der Waals surface area contributed by atoms with Crippen LogP contribution in [0.25, 0.3) is 54.3 Å². The van der Waals surface area contributed by atoms with Gasteiger partial charge < -0.3 is 19.1 Å². The minimum absolute atomic E-state index is 0.123. The van der Waals surface area contributed by atoms with E-state index in [4.69, 9.17) is 4.42 Å². The van der Waals surface area contributed by atoms with E-state index in [9.17, 15) is 26.3 Å². The Morgan fingerprint density at radius 1 is 0.408 bits per heavy atom. The normalized spacial score (nSPS) is 13.3. The first-order valence-electron chi connectivity index (χ1n) is 33.0. The molecule has 482 valence electrons.